The number of nitrogens with zero attached hydrogens (tertiary/aromatic N) is 2. The Balaban J connectivity index is 1.89. The normalized spacial score (nSPS) is 11.8. The Hall–Kier alpha value is -4.05. The van der Waals surface area contributed by atoms with E-state index >= 15 is 0 Å². The standard InChI is InChI=1S/C29H35N3O6S/c1-5-27(29(34)30-6-2)31(20-22-11-10-14-26(19-22)37-3)28(33)21-32(39(4,35)36)23-15-17-25(18-16-23)38-24-12-8-7-9-13-24/h7-19,27H,5-6,20-21H2,1-4H3,(H,30,34)/t27-/m0/s1. The number of carbonyl (C=O) groups is 2. The van der Waals surface area contributed by atoms with E-state index in [0.29, 0.717) is 35.9 Å². The average Bonchev–Trinajstić information content (AvgIpc) is 2.92. The number of nitrogens with one attached hydrogen (secondary N) is 1. The Bertz CT molecular complexity index is 1350. The molecule has 0 fully saturated rings. The minimum atomic E-state index is -3.84. The van der Waals surface area contributed by atoms with Gasteiger partial charge in [0.1, 0.15) is 29.8 Å². The van der Waals surface area contributed by atoms with Gasteiger partial charge in [0.25, 0.3) is 0 Å². The fourth-order valence-electron chi connectivity index (χ4n) is 4.10. The molecule has 208 valence electrons. The number of amides is 2. The fourth-order valence-corrected chi connectivity index (χ4v) is 4.95. The molecule has 3 rings (SSSR count). The number of ether oxygens (including phenoxy) is 2. The quantitative estimate of drug-likeness (QED) is 0.340. The summed E-state index contributed by atoms with van der Waals surface area (Å²) < 4.78 is 37.8. The lowest BCUT2D eigenvalue weighted by Gasteiger charge is -2.32. The molecule has 0 saturated heterocycles. The molecular weight excluding hydrogens is 518 g/mol. The predicted molar refractivity (Wildman–Crippen MR) is 151 cm³/mol. The van der Waals surface area contributed by atoms with Gasteiger partial charge in [0.2, 0.25) is 21.8 Å². The first-order chi connectivity index (χ1) is 18.7. The van der Waals surface area contributed by atoms with E-state index in [1.54, 1.807) is 56.5 Å². The van der Waals surface area contributed by atoms with Crippen molar-refractivity contribution >= 4 is 27.5 Å². The van der Waals surface area contributed by atoms with Gasteiger partial charge in [0.05, 0.1) is 19.1 Å². The van der Waals surface area contributed by atoms with Crippen LogP contribution in [-0.2, 0) is 26.2 Å². The molecule has 39 heavy (non-hydrogen) atoms. The van der Waals surface area contributed by atoms with E-state index in [1.165, 1.54) is 4.90 Å². The predicted octanol–water partition coefficient (Wildman–Crippen LogP) is 4.20. The summed E-state index contributed by atoms with van der Waals surface area (Å²) in [5.41, 5.74) is 1.05. The van der Waals surface area contributed by atoms with Crippen LogP contribution in [0.25, 0.3) is 0 Å². The summed E-state index contributed by atoms with van der Waals surface area (Å²) in [6.45, 7) is 3.65. The molecule has 0 unspecified atom stereocenters. The summed E-state index contributed by atoms with van der Waals surface area (Å²) in [6, 6.07) is 22.1. The maximum absolute atomic E-state index is 13.7. The second kappa shape index (κ2) is 13.7. The third kappa shape index (κ3) is 8.22. The van der Waals surface area contributed by atoms with Crippen LogP contribution < -0.4 is 19.1 Å². The lowest BCUT2D eigenvalue weighted by molar-refractivity contribution is -0.140. The summed E-state index contributed by atoms with van der Waals surface area (Å²) in [4.78, 5) is 28.1. The number of hydrogen-bond donors (Lipinski definition) is 1. The molecule has 1 N–H and O–H groups in total. The Kier molecular flexibility index (Phi) is 10.3. The van der Waals surface area contributed by atoms with Crippen LogP contribution in [0.3, 0.4) is 0 Å². The maximum Gasteiger partial charge on any atom is 0.244 e. The Morgan fingerprint density at radius 2 is 1.54 bits per heavy atom. The first-order valence-electron chi connectivity index (χ1n) is 12.7. The van der Waals surface area contributed by atoms with Gasteiger partial charge in [-0.2, -0.15) is 0 Å². The van der Waals surface area contributed by atoms with Crippen LogP contribution in [0.15, 0.2) is 78.9 Å². The first-order valence-corrected chi connectivity index (χ1v) is 14.5. The molecule has 3 aromatic carbocycles. The zero-order valence-corrected chi connectivity index (χ0v) is 23.5. The number of sulfonamides is 1. The topological polar surface area (TPSA) is 105 Å². The van der Waals surface area contributed by atoms with Crippen LogP contribution in [0.1, 0.15) is 25.8 Å². The molecule has 0 aliphatic carbocycles. The molecule has 0 saturated carbocycles. The van der Waals surface area contributed by atoms with Crippen molar-refractivity contribution in [2.45, 2.75) is 32.9 Å². The van der Waals surface area contributed by atoms with E-state index in [0.717, 1.165) is 16.1 Å². The van der Waals surface area contributed by atoms with Crippen LogP contribution in [0.4, 0.5) is 5.69 Å². The van der Waals surface area contributed by atoms with Crippen LogP contribution in [-0.4, -0.2) is 57.6 Å². The number of hydrogen-bond acceptors (Lipinski definition) is 6. The fraction of sp³-hybridized carbons (Fsp3) is 0.310. The van der Waals surface area contributed by atoms with Crippen molar-refractivity contribution in [3.05, 3.63) is 84.4 Å². The van der Waals surface area contributed by atoms with E-state index in [-0.39, 0.29) is 12.5 Å². The summed E-state index contributed by atoms with van der Waals surface area (Å²) in [7, 11) is -2.29. The zero-order chi connectivity index (χ0) is 28.4. The van der Waals surface area contributed by atoms with E-state index < -0.39 is 28.5 Å². The van der Waals surface area contributed by atoms with Gasteiger partial charge in [0, 0.05) is 13.1 Å². The number of likely N-dealkylation sites (N-methyl/N-ethyl adjacent to an activating group) is 1. The molecule has 10 heteroatoms. The lowest BCUT2D eigenvalue weighted by Crippen LogP contribution is -2.52. The molecular formula is C29H35N3O6S. The molecule has 1 atom stereocenters. The van der Waals surface area contributed by atoms with E-state index in [2.05, 4.69) is 5.32 Å². The zero-order valence-electron chi connectivity index (χ0n) is 22.7. The van der Waals surface area contributed by atoms with Crippen molar-refractivity contribution in [2.24, 2.45) is 0 Å². The second-order valence-corrected chi connectivity index (χ2v) is 10.8. The molecule has 0 radical (unpaired) electrons. The molecule has 0 bridgehead atoms. The van der Waals surface area contributed by atoms with Crippen molar-refractivity contribution in [2.75, 3.05) is 30.8 Å². The van der Waals surface area contributed by atoms with Gasteiger partial charge in [0.15, 0.2) is 0 Å². The van der Waals surface area contributed by atoms with E-state index in [4.69, 9.17) is 9.47 Å². The number of carbonyl (C=O) groups excluding carboxylic acids is 2. The SMILES string of the molecule is CCNC(=O)[C@H](CC)N(Cc1cccc(OC)c1)C(=O)CN(c1ccc(Oc2ccccc2)cc1)S(C)(=O)=O. The molecule has 0 spiro atoms. The molecule has 0 aliphatic heterocycles. The molecule has 3 aromatic rings. The highest BCUT2D eigenvalue weighted by Crippen LogP contribution is 2.26. The highest BCUT2D eigenvalue weighted by atomic mass is 32.2. The van der Waals surface area contributed by atoms with Crippen LogP contribution >= 0.6 is 0 Å². The van der Waals surface area contributed by atoms with Crippen molar-refractivity contribution < 1.29 is 27.5 Å². The van der Waals surface area contributed by atoms with Crippen molar-refractivity contribution in [1.29, 1.82) is 0 Å². The van der Waals surface area contributed by atoms with Crippen LogP contribution in [0.2, 0.25) is 0 Å². The van der Waals surface area contributed by atoms with Gasteiger partial charge in [-0.3, -0.25) is 13.9 Å². The number of benzene rings is 3. The monoisotopic (exact) mass is 553 g/mol. The summed E-state index contributed by atoms with van der Waals surface area (Å²) >= 11 is 0. The van der Waals surface area contributed by atoms with Crippen LogP contribution in [0, 0.1) is 0 Å². The maximum atomic E-state index is 13.7. The summed E-state index contributed by atoms with van der Waals surface area (Å²) in [5.74, 6) is 0.966. The van der Waals surface area contributed by atoms with E-state index in [9.17, 15) is 18.0 Å². The minimum Gasteiger partial charge on any atom is -0.497 e. The van der Waals surface area contributed by atoms with Crippen molar-refractivity contribution in [3.8, 4) is 17.2 Å². The van der Waals surface area contributed by atoms with Gasteiger partial charge < -0.3 is 19.7 Å². The van der Waals surface area contributed by atoms with E-state index in [1.807, 2.05) is 43.3 Å². The second-order valence-electron chi connectivity index (χ2n) is 8.87. The van der Waals surface area contributed by atoms with Gasteiger partial charge in [-0.1, -0.05) is 37.3 Å². The third-order valence-corrected chi connectivity index (χ3v) is 7.15. The van der Waals surface area contributed by atoms with Gasteiger partial charge in [-0.05, 0) is 67.4 Å². The van der Waals surface area contributed by atoms with Gasteiger partial charge in [-0.15, -0.1) is 0 Å². The number of methoxy groups -OCH3 is 1. The minimum absolute atomic E-state index is 0.104. The third-order valence-electron chi connectivity index (χ3n) is 6.01. The Morgan fingerprint density at radius 3 is 2.13 bits per heavy atom. The molecule has 2 amide bonds. The van der Waals surface area contributed by atoms with Gasteiger partial charge in [-0.25, -0.2) is 8.42 Å². The highest BCUT2D eigenvalue weighted by Gasteiger charge is 2.31. The van der Waals surface area contributed by atoms with Crippen molar-refractivity contribution in [3.63, 3.8) is 0 Å². The largest absolute Gasteiger partial charge is 0.497 e. The Labute approximate surface area is 230 Å². The Morgan fingerprint density at radius 1 is 0.897 bits per heavy atom. The number of anilines is 1. The summed E-state index contributed by atoms with van der Waals surface area (Å²) in [5, 5.41) is 2.78. The number of para-hydroxylation sites is 1. The van der Waals surface area contributed by atoms with Crippen LogP contribution in [0.5, 0.6) is 17.2 Å². The lowest BCUT2D eigenvalue weighted by atomic mass is 10.1. The highest BCUT2D eigenvalue weighted by molar-refractivity contribution is 7.92. The molecule has 0 aliphatic rings. The van der Waals surface area contributed by atoms with Crippen molar-refractivity contribution in [1.82, 2.24) is 10.2 Å². The number of rotatable bonds is 13. The smallest absolute Gasteiger partial charge is 0.244 e. The first kappa shape index (κ1) is 29.5. The summed E-state index contributed by atoms with van der Waals surface area (Å²) in [6.07, 6.45) is 1.40. The average molecular weight is 554 g/mol. The molecule has 0 heterocycles. The van der Waals surface area contributed by atoms with Gasteiger partial charge >= 0.3 is 0 Å². The molecule has 9 nitrogen and oxygen atoms in total. The molecule has 0 aromatic heterocycles.